The Morgan fingerprint density at radius 3 is 1.85 bits per heavy atom. The van der Waals surface area contributed by atoms with Gasteiger partial charge in [0.25, 0.3) is 0 Å². The van der Waals surface area contributed by atoms with Gasteiger partial charge in [0.05, 0.1) is 0 Å². The van der Waals surface area contributed by atoms with Crippen molar-refractivity contribution in [3.63, 3.8) is 0 Å². The van der Waals surface area contributed by atoms with Crippen LogP contribution < -0.4 is 5.32 Å². The van der Waals surface area contributed by atoms with Crippen molar-refractivity contribution in [3.8, 4) is 11.1 Å². The highest BCUT2D eigenvalue weighted by atomic mass is 14.9. The molecule has 1 nitrogen and oxygen atoms in total. The van der Waals surface area contributed by atoms with E-state index in [0.717, 1.165) is 6.54 Å². The maximum absolute atomic E-state index is 3.71. The smallest absolute Gasteiger partial charge is 0.0227 e. The van der Waals surface area contributed by atoms with Crippen LogP contribution in [0.15, 0.2) is 48.5 Å². The lowest BCUT2D eigenvalue weighted by molar-refractivity contribution is 0.422. The van der Waals surface area contributed by atoms with Gasteiger partial charge in [-0.3, -0.25) is 0 Å². The van der Waals surface area contributed by atoms with Gasteiger partial charge in [0.1, 0.15) is 0 Å². The van der Waals surface area contributed by atoms with Gasteiger partial charge >= 0.3 is 0 Å². The van der Waals surface area contributed by atoms with E-state index < -0.39 is 0 Å². The summed E-state index contributed by atoms with van der Waals surface area (Å²) in [6.07, 6.45) is 0. The first-order valence-corrected chi connectivity index (χ1v) is 7.60. The quantitative estimate of drug-likeness (QED) is 0.862. The van der Waals surface area contributed by atoms with Gasteiger partial charge in [-0.2, -0.15) is 0 Å². The molecule has 1 unspecified atom stereocenters. The Hall–Kier alpha value is -1.60. The zero-order valence-electron chi connectivity index (χ0n) is 12.6. The zero-order chi connectivity index (χ0) is 14.1. The van der Waals surface area contributed by atoms with Crippen molar-refractivity contribution in [2.24, 2.45) is 5.92 Å². The number of hydrogen-bond acceptors (Lipinski definition) is 1. The van der Waals surface area contributed by atoms with Gasteiger partial charge < -0.3 is 5.32 Å². The average molecular weight is 265 g/mol. The number of benzene rings is 2. The van der Waals surface area contributed by atoms with E-state index in [9.17, 15) is 0 Å². The lowest BCUT2D eigenvalue weighted by Crippen LogP contribution is -2.34. The van der Waals surface area contributed by atoms with Gasteiger partial charge in [-0.25, -0.2) is 0 Å². The summed E-state index contributed by atoms with van der Waals surface area (Å²) in [6, 6.07) is 18.2. The van der Waals surface area contributed by atoms with Crippen LogP contribution in [0.4, 0.5) is 0 Å². The van der Waals surface area contributed by atoms with Crippen molar-refractivity contribution >= 4 is 0 Å². The normalized spacial score (nSPS) is 15.2. The van der Waals surface area contributed by atoms with Crippen LogP contribution in [0.5, 0.6) is 0 Å². The van der Waals surface area contributed by atoms with Crippen LogP contribution >= 0.6 is 0 Å². The lowest BCUT2D eigenvalue weighted by atomic mass is 9.96. The van der Waals surface area contributed by atoms with Crippen LogP contribution in [-0.4, -0.2) is 12.6 Å². The van der Waals surface area contributed by atoms with Crippen LogP contribution in [0.3, 0.4) is 0 Å². The molecule has 0 saturated carbocycles. The van der Waals surface area contributed by atoms with E-state index in [4.69, 9.17) is 0 Å². The third-order valence-electron chi connectivity index (χ3n) is 4.61. The summed E-state index contributed by atoms with van der Waals surface area (Å²) in [5.41, 5.74) is 5.76. The first-order valence-electron chi connectivity index (χ1n) is 7.60. The molecule has 1 heteroatoms. The maximum atomic E-state index is 3.71. The van der Waals surface area contributed by atoms with E-state index in [-0.39, 0.29) is 0 Å². The van der Waals surface area contributed by atoms with Crippen molar-refractivity contribution in [3.05, 3.63) is 59.7 Å². The molecule has 0 aromatic heterocycles. The molecule has 2 aromatic carbocycles. The molecule has 20 heavy (non-hydrogen) atoms. The molecule has 1 aliphatic carbocycles. The third kappa shape index (κ3) is 2.27. The Morgan fingerprint density at radius 2 is 1.35 bits per heavy atom. The Morgan fingerprint density at radius 1 is 0.850 bits per heavy atom. The SMILES string of the molecule is CC(C)C(C)NCC1c2ccccc2-c2ccccc21. The van der Waals surface area contributed by atoms with Crippen LogP contribution in [0, 0.1) is 5.92 Å². The molecular formula is C19H23N. The number of nitrogens with one attached hydrogen (secondary N) is 1. The number of fused-ring (bicyclic) bond motifs is 3. The van der Waals surface area contributed by atoms with E-state index >= 15 is 0 Å². The maximum Gasteiger partial charge on any atom is 0.0227 e. The molecule has 1 atom stereocenters. The molecule has 0 fully saturated rings. The third-order valence-corrected chi connectivity index (χ3v) is 4.61. The minimum Gasteiger partial charge on any atom is -0.313 e. The fourth-order valence-electron chi connectivity index (χ4n) is 3.02. The van der Waals surface area contributed by atoms with Crippen molar-refractivity contribution in [1.82, 2.24) is 5.32 Å². The topological polar surface area (TPSA) is 12.0 Å². The molecule has 2 aromatic rings. The second-order valence-electron chi connectivity index (χ2n) is 6.17. The fourth-order valence-corrected chi connectivity index (χ4v) is 3.02. The van der Waals surface area contributed by atoms with Gasteiger partial charge in [-0.15, -0.1) is 0 Å². The monoisotopic (exact) mass is 265 g/mol. The highest BCUT2D eigenvalue weighted by molar-refractivity contribution is 5.78. The van der Waals surface area contributed by atoms with E-state index in [1.807, 2.05) is 0 Å². The Kier molecular flexibility index (Phi) is 3.62. The van der Waals surface area contributed by atoms with Gasteiger partial charge in [0.15, 0.2) is 0 Å². The molecule has 0 aliphatic heterocycles. The number of rotatable bonds is 4. The predicted octanol–water partition coefficient (Wildman–Crippen LogP) is 4.43. The van der Waals surface area contributed by atoms with E-state index in [0.29, 0.717) is 17.9 Å². The van der Waals surface area contributed by atoms with Gasteiger partial charge in [0.2, 0.25) is 0 Å². The average Bonchev–Trinajstić information content (AvgIpc) is 2.79. The van der Waals surface area contributed by atoms with Crippen LogP contribution in [0.25, 0.3) is 11.1 Å². The predicted molar refractivity (Wildman–Crippen MR) is 86.0 cm³/mol. The summed E-state index contributed by atoms with van der Waals surface area (Å²) in [5.74, 6) is 1.16. The number of hydrogen-bond donors (Lipinski definition) is 1. The molecule has 0 amide bonds. The fraction of sp³-hybridized carbons (Fsp3) is 0.368. The summed E-state index contributed by atoms with van der Waals surface area (Å²) < 4.78 is 0. The molecule has 1 aliphatic rings. The highest BCUT2D eigenvalue weighted by Crippen LogP contribution is 2.44. The lowest BCUT2D eigenvalue weighted by Gasteiger charge is -2.21. The van der Waals surface area contributed by atoms with Crippen molar-refractivity contribution < 1.29 is 0 Å². The summed E-state index contributed by atoms with van der Waals surface area (Å²) in [4.78, 5) is 0. The summed E-state index contributed by atoms with van der Waals surface area (Å²) in [7, 11) is 0. The van der Waals surface area contributed by atoms with Gasteiger partial charge in [-0.1, -0.05) is 62.4 Å². The van der Waals surface area contributed by atoms with E-state index in [1.165, 1.54) is 22.3 Å². The van der Waals surface area contributed by atoms with Gasteiger partial charge in [0, 0.05) is 18.5 Å². The minimum absolute atomic E-state index is 0.489. The van der Waals surface area contributed by atoms with E-state index in [1.54, 1.807) is 0 Å². The van der Waals surface area contributed by atoms with Crippen molar-refractivity contribution in [1.29, 1.82) is 0 Å². The molecule has 1 N–H and O–H groups in total. The molecular weight excluding hydrogens is 242 g/mol. The molecule has 0 saturated heterocycles. The molecule has 0 spiro atoms. The summed E-state index contributed by atoms with van der Waals surface area (Å²) >= 11 is 0. The Balaban J connectivity index is 1.91. The van der Waals surface area contributed by atoms with Crippen molar-refractivity contribution in [2.75, 3.05) is 6.54 Å². The first kappa shape index (κ1) is 13.4. The molecule has 0 radical (unpaired) electrons. The summed E-state index contributed by atoms with van der Waals surface area (Å²) in [5, 5.41) is 3.71. The summed E-state index contributed by atoms with van der Waals surface area (Å²) in [6.45, 7) is 7.84. The molecule has 3 rings (SSSR count). The molecule has 0 heterocycles. The Labute approximate surface area is 122 Å². The molecule has 0 bridgehead atoms. The van der Waals surface area contributed by atoms with Crippen LogP contribution in [0.1, 0.15) is 37.8 Å². The Bertz CT molecular complexity index is 555. The molecule has 104 valence electrons. The first-order chi connectivity index (χ1) is 9.68. The van der Waals surface area contributed by atoms with Crippen LogP contribution in [-0.2, 0) is 0 Å². The zero-order valence-corrected chi connectivity index (χ0v) is 12.6. The second kappa shape index (κ2) is 5.41. The van der Waals surface area contributed by atoms with Gasteiger partial charge in [-0.05, 0) is 35.1 Å². The largest absolute Gasteiger partial charge is 0.313 e. The van der Waals surface area contributed by atoms with Crippen LogP contribution in [0.2, 0.25) is 0 Å². The second-order valence-corrected chi connectivity index (χ2v) is 6.17. The standard InChI is InChI=1S/C19H23N/c1-13(2)14(3)20-12-19-17-10-6-4-8-15(17)16-9-5-7-11-18(16)19/h4-11,13-14,19-20H,12H2,1-3H3. The van der Waals surface area contributed by atoms with Crippen molar-refractivity contribution in [2.45, 2.75) is 32.7 Å². The van der Waals surface area contributed by atoms with E-state index in [2.05, 4.69) is 74.6 Å². The highest BCUT2D eigenvalue weighted by Gasteiger charge is 2.27. The minimum atomic E-state index is 0.489.